The molecule has 1 aliphatic heterocycles. The highest BCUT2D eigenvalue weighted by Gasteiger charge is 2.47. The number of aromatic nitrogens is 1. The maximum absolute atomic E-state index is 12.4. The molecule has 2 heterocycles. The summed E-state index contributed by atoms with van der Waals surface area (Å²) in [6.45, 7) is 3.92. The fraction of sp³-hybridized carbons (Fsp3) is 0.400. The van der Waals surface area contributed by atoms with Gasteiger partial charge in [-0.1, -0.05) is 25.1 Å². The van der Waals surface area contributed by atoms with Gasteiger partial charge in [-0.25, -0.2) is 0 Å². The SMILES string of the molecule is CC(=O)N1c2cccnc2[C@@H](Nc2ccccc2)[C@H](C)C1C1CC1. The predicted octanol–water partition coefficient (Wildman–Crippen LogP) is 4.02. The third kappa shape index (κ3) is 2.56. The van der Waals surface area contributed by atoms with Crippen molar-refractivity contribution < 1.29 is 4.79 Å². The molecule has 1 amide bonds. The summed E-state index contributed by atoms with van der Waals surface area (Å²) in [5, 5.41) is 3.66. The number of hydrogen-bond donors (Lipinski definition) is 1. The minimum atomic E-state index is 0.116. The molecule has 1 aliphatic carbocycles. The third-order valence-electron chi connectivity index (χ3n) is 5.27. The predicted molar refractivity (Wildman–Crippen MR) is 95.9 cm³/mol. The van der Waals surface area contributed by atoms with Gasteiger partial charge < -0.3 is 10.2 Å². The lowest BCUT2D eigenvalue weighted by Gasteiger charge is -2.45. The van der Waals surface area contributed by atoms with Crippen LogP contribution in [0, 0.1) is 11.8 Å². The van der Waals surface area contributed by atoms with E-state index >= 15 is 0 Å². The summed E-state index contributed by atoms with van der Waals surface area (Å²) in [5.41, 5.74) is 3.03. The maximum atomic E-state index is 12.4. The monoisotopic (exact) mass is 321 g/mol. The Labute approximate surface area is 142 Å². The van der Waals surface area contributed by atoms with E-state index < -0.39 is 0 Å². The van der Waals surface area contributed by atoms with Gasteiger partial charge in [-0.15, -0.1) is 0 Å². The molecule has 124 valence electrons. The molecule has 4 nitrogen and oxygen atoms in total. The van der Waals surface area contributed by atoms with Crippen molar-refractivity contribution in [2.24, 2.45) is 11.8 Å². The van der Waals surface area contributed by atoms with Crippen LogP contribution in [-0.4, -0.2) is 16.9 Å². The van der Waals surface area contributed by atoms with E-state index in [9.17, 15) is 4.79 Å². The molecule has 0 bridgehead atoms. The van der Waals surface area contributed by atoms with E-state index in [4.69, 9.17) is 0 Å². The van der Waals surface area contributed by atoms with Crippen LogP contribution in [0.4, 0.5) is 11.4 Å². The van der Waals surface area contributed by atoms with E-state index in [1.165, 1.54) is 12.8 Å². The highest BCUT2D eigenvalue weighted by molar-refractivity contribution is 5.93. The first-order valence-corrected chi connectivity index (χ1v) is 8.73. The third-order valence-corrected chi connectivity index (χ3v) is 5.27. The van der Waals surface area contributed by atoms with E-state index in [2.05, 4.69) is 29.4 Å². The number of anilines is 2. The number of nitrogens with zero attached hydrogens (tertiary/aromatic N) is 2. The van der Waals surface area contributed by atoms with Crippen LogP contribution in [0.2, 0.25) is 0 Å². The topological polar surface area (TPSA) is 45.2 Å². The van der Waals surface area contributed by atoms with E-state index in [1.807, 2.05) is 41.4 Å². The van der Waals surface area contributed by atoms with Gasteiger partial charge in [0.25, 0.3) is 0 Å². The van der Waals surface area contributed by atoms with Crippen molar-refractivity contribution in [3.8, 4) is 0 Å². The van der Waals surface area contributed by atoms with E-state index in [1.54, 1.807) is 6.92 Å². The zero-order chi connectivity index (χ0) is 16.7. The number of carbonyl (C=O) groups excluding carboxylic acids is 1. The number of benzene rings is 1. The van der Waals surface area contributed by atoms with E-state index in [0.29, 0.717) is 11.8 Å². The largest absolute Gasteiger partial charge is 0.376 e. The van der Waals surface area contributed by atoms with Gasteiger partial charge in [0.2, 0.25) is 5.91 Å². The average Bonchev–Trinajstić information content (AvgIpc) is 3.42. The Morgan fingerprint density at radius 3 is 2.58 bits per heavy atom. The van der Waals surface area contributed by atoms with Crippen LogP contribution in [0.25, 0.3) is 0 Å². The molecule has 3 atom stereocenters. The van der Waals surface area contributed by atoms with E-state index in [-0.39, 0.29) is 18.0 Å². The van der Waals surface area contributed by atoms with Crippen molar-refractivity contribution >= 4 is 17.3 Å². The molecule has 4 heteroatoms. The van der Waals surface area contributed by atoms with Crippen LogP contribution < -0.4 is 10.2 Å². The van der Waals surface area contributed by atoms with Gasteiger partial charge in [0.05, 0.1) is 17.4 Å². The highest BCUT2D eigenvalue weighted by atomic mass is 16.2. The molecule has 1 fully saturated rings. The molecule has 24 heavy (non-hydrogen) atoms. The molecule has 0 radical (unpaired) electrons. The molecule has 2 aliphatic rings. The lowest BCUT2D eigenvalue weighted by atomic mass is 9.82. The Balaban J connectivity index is 1.78. The molecular weight excluding hydrogens is 298 g/mol. The van der Waals surface area contributed by atoms with Gasteiger partial charge in [0, 0.05) is 30.8 Å². The lowest BCUT2D eigenvalue weighted by Crippen LogP contribution is -2.51. The van der Waals surface area contributed by atoms with Gasteiger partial charge in [-0.3, -0.25) is 9.78 Å². The van der Waals surface area contributed by atoms with Crippen molar-refractivity contribution in [3.05, 3.63) is 54.4 Å². The average molecular weight is 321 g/mol. The smallest absolute Gasteiger partial charge is 0.224 e. The van der Waals surface area contributed by atoms with Gasteiger partial charge in [-0.2, -0.15) is 0 Å². The lowest BCUT2D eigenvalue weighted by molar-refractivity contribution is -0.117. The number of pyridine rings is 1. The van der Waals surface area contributed by atoms with Crippen LogP contribution >= 0.6 is 0 Å². The summed E-state index contributed by atoms with van der Waals surface area (Å²) in [5.74, 6) is 1.03. The Bertz CT molecular complexity index is 742. The number of para-hydroxylation sites is 1. The molecule has 1 unspecified atom stereocenters. The zero-order valence-electron chi connectivity index (χ0n) is 14.1. The Morgan fingerprint density at radius 1 is 1.17 bits per heavy atom. The standard InChI is InChI=1S/C20H23N3O/c1-13-18(22-16-7-4-3-5-8-16)19-17(9-6-12-21-19)23(14(2)24)20(13)15-10-11-15/h3-9,12-13,15,18,20,22H,10-11H2,1-2H3/t13-,18-,20?/m0/s1. The number of carbonyl (C=O) groups is 1. The summed E-state index contributed by atoms with van der Waals surface area (Å²) in [6.07, 6.45) is 4.25. The minimum absolute atomic E-state index is 0.116. The molecule has 0 saturated heterocycles. The summed E-state index contributed by atoms with van der Waals surface area (Å²) < 4.78 is 0. The molecule has 4 rings (SSSR count). The first kappa shape index (κ1) is 15.2. The maximum Gasteiger partial charge on any atom is 0.224 e. The van der Waals surface area contributed by atoms with Gasteiger partial charge in [0.1, 0.15) is 0 Å². The Kier molecular flexibility index (Phi) is 3.75. The van der Waals surface area contributed by atoms with Crippen LogP contribution in [0.15, 0.2) is 48.7 Å². The van der Waals surface area contributed by atoms with E-state index in [0.717, 1.165) is 17.1 Å². The fourth-order valence-electron chi connectivity index (χ4n) is 4.07. The van der Waals surface area contributed by atoms with Crippen LogP contribution in [0.3, 0.4) is 0 Å². The van der Waals surface area contributed by atoms with Crippen molar-refractivity contribution in [1.82, 2.24) is 4.98 Å². The van der Waals surface area contributed by atoms with Gasteiger partial charge in [0.15, 0.2) is 0 Å². The minimum Gasteiger partial charge on any atom is -0.376 e. The molecule has 1 aromatic heterocycles. The Morgan fingerprint density at radius 2 is 1.92 bits per heavy atom. The molecule has 1 aromatic carbocycles. The van der Waals surface area contributed by atoms with Crippen molar-refractivity contribution in [2.45, 2.75) is 38.8 Å². The second-order valence-electron chi connectivity index (χ2n) is 6.97. The summed E-state index contributed by atoms with van der Waals surface area (Å²) in [4.78, 5) is 19.0. The fourth-order valence-corrected chi connectivity index (χ4v) is 4.07. The quantitative estimate of drug-likeness (QED) is 0.929. The van der Waals surface area contributed by atoms with Crippen LogP contribution in [0.5, 0.6) is 0 Å². The zero-order valence-corrected chi connectivity index (χ0v) is 14.1. The van der Waals surface area contributed by atoms with Crippen molar-refractivity contribution in [2.75, 3.05) is 10.2 Å². The number of rotatable bonds is 3. The molecule has 0 spiro atoms. The molecule has 1 saturated carbocycles. The van der Waals surface area contributed by atoms with Gasteiger partial charge >= 0.3 is 0 Å². The highest BCUT2D eigenvalue weighted by Crippen LogP contribution is 2.49. The molecular formula is C20H23N3O. The number of hydrogen-bond acceptors (Lipinski definition) is 3. The van der Waals surface area contributed by atoms with Crippen molar-refractivity contribution in [3.63, 3.8) is 0 Å². The second-order valence-corrected chi connectivity index (χ2v) is 6.97. The number of amides is 1. The second kappa shape index (κ2) is 5.93. The molecule has 1 N–H and O–H groups in total. The number of nitrogens with one attached hydrogen (secondary N) is 1. The Hall–Kier alpha value is -2.36. The number of fused-ring (bicyclic) bond motifs is 1. The summed E-state index contributed by atoms with van der Waals surface area (Å²) in [6, 6.07) is 14.6. The van der Waals surface area contributed by atoms with Crippen LogP contribution in [0.1, 0.15) is 38.4 Å². The first-order valence-electron chi connectivity index (χ1n) is 8.73. The normalized spacial score (nSPS) is 25.9. The van der Waals surface area contributed by atoms with Crippen molar-refractivity contribution in [1.29, 1.82) is 0 Å². The first-order chi connectivity index (χ1) is 11.7. The van der Waals surface area contributed by atoms with Gasteiger partial charge in [-0.05, 0) is 43.0 Å². The molecule has 2 aromatic rings. The summed E-state index contributed by atoms with van der Waals surface area (Å²) in [7, 11) is 0. The summed E-state index contributed by atoms with van der Waals surface area (Å²) >= 11 is 0. The van der Waals surface area contributed by atoms with Crippen LogP contribution in [-0.2, 0) is 4.79 Å².